The number of ether oxygens (including phenoxy) is 1. The molecule has 0 amide bonds. The number of rotatable bonds is 6. The van der Waals surface area contributed by atoms with Gasteiger partial charge in [-0.05, 0) is 30.2 Å². The van der Waals surface area contributed by atoms with Gasteiger partial charge in [0.15, 0.2) is 15.1 Å². The fourth-order valence-corrected chi connectivity index (χ4v) is 3.95. The van der Waals surface area contributed by atoms with Crippen molar-refractivity contribution in [2.24, 2.45) is 0 Å². The molecule has 1 aromatic rings. The van der Waals surface area contributed by atoms with Crippen LogP contribution in [0.1, 0.15) is 18.9 Å². The molecule has 0 aliphatic carbocycles. The second-order valence-electron chi connectivity index (χ2n) is 4.00. The van der Waals surface area contributed by atoms with Crippen LogP contribution in [0.4, 0.5) is 0 Å². The minimum Gasteiger partial charge on any atom is -0.497 e. The van der Waals surface area contributed by atoms with E-state index in [0.29, 0.717) is 15.8 Å². The van der Waals surface area contributed by atoms with Crippen LogP contribution >= 0.6 is 15.9 Å². The highest BCUT2D eigenvalue weighted by Gasteiger charge is 2.31. The molecule has 7 heteroatoms. The monoisotopic (exact) mass is 350 g/mol. The smallest absolute Gasteiger partial charge is 0.321 e. The number of halogens is 1. The Morgan fingerprint density at radius 2 is 2.11 bits per heavy atom. The number of aliphatic carboxylic acids is 1. The van der Waals surface area contributed by atoms with Gasteiger partial charge in [0.1, 0.15) is 5.75 Å². The molecule has 0 heterocycles. The van der Waals surface area contributed by atoms with E-state index in [-0.39, 0.29) is 12.2 Å². The predicted molar refractivity (Wildman–Crippen MR) is 75.0 cm³/mol. The molecule has 106 valence electrons. The molecule has 0 saturated heterocycles. The minimum absolute atomic E-state index is 0.0409. The van der Waals surface area contributed by atoms with Gasteiger partial charge in [0.05, 0.1) is 12.9 Å². The first kappa shape index (κ1) is 16.0. The fourth-order valence-electron chi connectivity index (χ4n) is 1.69. The number of sulfone groups is 1. The number of benzene rings is 1. The van der Waals surface area contributed by atoms with Crippen molar-refractivity contribution in [1.82, 2.24) is 0 Å². The first-order chi connectivity index (χ1) is 8.81. The summed E-state index contributed by atoms with van der Waals surface area (Å²) in [5.74, 6) is -1.13. The van der Waals surface area contributed by atoms with Gasteiger partial charge in [-0.1, -0.05) is 22.9 Å². The van der Waals surface area contributed by atoms with Crippen LogP contribution in [0, 0.1) is 0 Å². The normalized spacial score (nSPS) is 13.0. The average molecular weight is 351 g/mol. The van der Waals surface area contributed by atoms with E-state index in [0.717, 1.165) is 0 Å². The Labute approximate surface area is 120 Å². The van der Waals surface area contributed by atoms with Crippen molar-refractivity contribution in [3.8, 4) is 5.75 Å². The summed E-state index contributed by atoms with van der Waals surface area (Å²) in [7, 11) is -2.28. The topological polar surface area (TPSA) is 80.7 Å². The van der Waals surface area contributed by atoms with Crippen molar-refractivity contribution in [2.75, 3.05) is 7.11 Å². The zero-order chi connectivity index (χ0) is 14.6. The zero-order valence-electron chi connectivity index (χ0n) is 10.6. The maximum Gasteiger partial charge on any atom is 0.321 e. The molecule has 1 rings (SSSR count). The Morgan fingerprint density at radius 3 is 2.58 bits per heavy atom. The first-order valence-electron chi connectivity index (χ1n) is 5.58. The van der Waals surface area contributed by atoms with Crippen LogP contribution in [-0.4, -0.2) is 31.9 Å². The summed E-state index contributed by atoms with van der Waals surface area (Å²) < 4.78 is 29.8. The second-order valence-corrected chi connectivity index (χ2v) is 7.04. The van der Waals surface area contributed by atoms with Crippen molar-refractivity contribution in [3.05, 3.63) is 28.2 Å². The molecular formula is C12H15BrO5S. The van der Waals surface area contributed by atoms with Crippen molar-refractivity contribution < 1.29 is 23.1 Å². The van der Waals surface area contributed by atoms with Crippen LogP contribution < -0.4 is 4.74 Å². The summed E-state index contributed by atoms with van der Waals surface area (Å²) in [6.07, 6.45) is 0.0409. The number of carboxylic acids is 1. The van der Waals surface area contributed by atoms with Gasteiger partial charge in [-0.3, -0.25) is 4.79 Å². The second kappa shape index (κ2) is 6.38. The summed E-state index contributed by atoms with van der Waals surface area (Å²) in [5.41, 5.74) is 0.485. The van der Waals surface area contributed by atoms with Crippen LogP contribution in [-0.2, 0) is 20.4 Å². The lowest BCUT2D eigenvalue weighted by Crippen LogP contribution is -2.30. The van der Waals surface area contributed by atoms with Crippen LogP contribution in [0.5, 0.6) is 5.75 Å². The molecule has 0 fully saturated rings. The Hall–Kier alpha value is -1.08. The van der Waals surface area contributed by atoms with Crippen molar-refractivity contribution in [1.29, 1.82) is 0 Å². The van der Waals surface area contributed by atoms with Gasteiger partial charge >= 0.3 is 5.97 Å². The number of carbonyl (C=O) groups is 1. The molecule has 0 radical (unpaired) electrons. The van der Waals surface area contributed by atoms with E-state index in [4.69, 9.17) is 9.84 Å². The molecule has 19 heavy (non-hydrogen) atoms. The van der Waals surface area contributed by atoms with Crippen LogP contribution in [0.15, 0.2) is 22.7 Å². The molecule has 1 atom stereocenters. The highest BCUT2D eigenvalue weighted by Crippen LogP contribution is 2.26. The standard InChI is InChI=1S/C12H15BrO5S/c1-3-11(12(14)15)19(16,17)7-8-6-9(18-2)4-5-10(8)13/h4-6,11H,3,7H2,1-2H3,(H,14,15). The lowest BCUT2D eigenvalue weighted by Gasteiger charge is -2.13. The lowest BCUT2D eigenvalue weighted by atomic mass is 10.2. The van der Waals surface area contributed by atoms with Crippen LogP contribution in [0.2, 0.25) is 0 Å². The van der Waals surface area contributed by atoms with Gasteiger partial charge in [-0.25, -0.2) is 8.42 Å². The summed E-state index contributed by atoms with van der Waals surface area (Å²) in [6.45, 7) is 1.54. The number of hydrogen-bond donors (Lipinski definition) is 1. The third kappa shape index (κ3) is 3.94. The average Bonchev–Trinajstić information content (AvgIpc) is 2.31. The molecule has 0 saturated carbocycles. The third-order valence-corrected chi connectivity index (χ3v) is 5.58. The molecule has 0 aromatic heterocycles. The Kier molecular flexibility index (Phi) is 5.37. The molecular weight excluding hydrogens is 336 g/mol. The van der Waals surface area contributed by atoms with Crippen molar-refractivity contribution >= 4 is 31.7 Å². The van der Waals surface area contributed by atoms with E-state index in [2.05, 4.69) is 15.9 Å². The third-order valence-electron chi connectivity index (χ3n) is 2.69. The number of methoxy groups -OCH3 is 1. The SMILES string of the molecule is CCC(C(=O)O)S(=O)(=O)Cc1cc(OC)ccc1Br. The minimum atomic E-state index is -3.76. The quantitative estimate of drug-likeness (QED) is 0.850. The van der Waals surface area contributed by atoms with E-state index in [1.165, 1.54) is 14.0 Å². The molecule has 1 unspecified atom stereocenters. The van der Waals surface area contributed by atoms with Gasteiger partial charge in [0, 0.05) is 4.47 Å². The Morgan fingerprint density at radius 1 is 1.47 bits per heavy atom. The van der Waals surface area contributed by atoms with Gasteiger partial charge in [0.2, 0.25) is 0 Å². The predicted octanol–water partition coefficient (Wildman–Crippen LogP) is 2.24. The largest absolute Gasteiger partial charge is 0.497 e. The molecule has 1 N–H and O–H groups in total. The number of carboxylic acid groups (broad SMARTS) is 1. The highest BCUT2D eigenvalue weighted by atomic mass is 79.9. The molecule has 0 spiro atoms. The van der Waals surface area contributed by atoms with E-state index in [1.807, 2.05) is 0 Å². The van der Waals surface area contributed by atoms with E-state index in [1.54, 1.807) is 18.2 Å². The lowest BCUT2D eigenvalue weighted by molar-refractivity contribution is -0.136. The molecule has 1 aromatic carbocycles. The summed E-state index contributed by atoms with van der Waals surface area (Å²) in [5, 5.41) is 7.56. The Bertz CT molecular complexity index is 567. The van der Waals surface area contributed by atoms with Crippen molar-refractivity contribution in [3.63, 3.8) is 0 Å². The van der Waals surface area contributed by atoms with Crippen LogP contribution in [0.3, 0.4) is 0 Å². The highest BCUT2D eigenvalue weighted by molar-refractivity contribution is 9.10. The zero-order valence-corrected chi connectivity index (χ0v) is 13.0. The Balaban J connectivity index is 3.10. The van der Waals surface area contributed by atoms with Gasteiger partial charge in [-0.15, -0.1) is 0 Å². The number of hydrogen-bond acceptors (Lipinski definition) is 4. The summed E-state index contributed by atoms with van der Waals surface area (Å²) in [4.78, 5) is 11.0. The maximum atomic E-state index is 12.1. The summed E-state index contributed by atoms with van der Waals surface area (Å²) in [6, 6.07) is 4.94. The maximum absolute atomic E-state index is 12.1. The van der Waals surface area contributed by atoms with Gasteiger partial charge in [0.25, 0.3) is 0 Å². The van der Waals surface area contributed by atoms with Crippen molar-refractivity contribution in [2.45, 2.75) is 24.3 Å². The molecule has 0 bridgehead atoms. The first-order valence-corrected chi connectivity index (χ1v) is 8.09. The van der Waals surface area contributed by atoms with Crippen LogP contribution in [0.25, 0.3) is 0 Å². The van der Waals surface area contributed by atoms with E-state index < -0.39 is 21.1 Å². The summed E-state index contributed by atoms with van der Waals surface area (Å²) >= 11 is 3.25. The van der Waals surface area contributed by atoms with E-state index in [9.17, 15) is 13.2 Å². The fraction of sp³-hybridized carbons (Fsp3) is 0.417. The molecule has 0 aliphatic heterocycles. The van der Waals surface area contributed by atoms with Gasteiger partial charge < -0.3 is 9.84 Å². The molecule has 5 nitrogen and oxygen atoms in total. The van der Waals surface area contributed by atoms with E-state index >= 15 is 0 Å². The van der Waals surface area contributed by atoms with Gasteiger partial charge in [-0.2, -0.15) is 0 Å². The molecule has 0 aliphatic rings.